The number of hydrogen-bond acceptors (Lipinski definition) is 3. The Morgan fingerprint density at radius 2 is 2.17 bits per heavy atom. The summed E-state index contributed by atoms with van der Waals surface area (Å²) in [5.74, 6) is 0.101. The topological polar surface area (TPSA) is 32.3 Å². The van der Waals surface area contributed by atoms with Crippen molar-refractivity contribution in [3.05, 3.63) is 56.7 Å². The highest BCUT2D eigenvalue weighted by Gasteiger charge is 2.28. The van der Waals surface area contributed by atoms with E-state index < -0.39 is 0 Å². The van der Waals surface area contributed by atoms with E-state index in [9.17, 15) is 4.79 Å². The summed E-state index contributed by atoms with van der Waals surface area (Å²) in [6.07, 6.45) is 2.31. The first-order valence-corrected chi connectivity index (χ1v) is 9.63. The molecule has 0 unspecified atom stereocenters. The van der Waals surface area contributed by atoms with E-state index in [1.54, 1.807) is 11.3 Å². The second-order valence-corrected chi connectivity index (χ2v) is 7.88. The molecule has 0 aliphatic carbocycles. The van der Waals surface area contributed by atoms with E-state index in [2.05, 4.69) is 43.7 Å². The minimum atomic E-state index is 0.0263. The third kappa shape index (κ3) is 4.22. The van der Waals surface area contributed by atoms with Crippen LogP contribution in [0.5, 0.6) is 0 Å². The van der Waals surface area contributed by atoms with Crippen molar-refractivity contribution < 1.29 is 4.79 Å². The van der Waals surface area contributed by atoms with Crippen LogP contribution in [0.4, 0.5) is 0 Å². The Balaban J connectivity index is 1.57. The van der Waals surface area contributed by atoms with Crippen LogP contribution < -0.4 is 5.32 Å². The van der Waals surface area contributed by atoms with E-state index in [0.29, 0.717) is 12.6 Å². The molecule has 0 spiro atoms. The first-order chi connectivity index (χ1) is 11.1. The Hall–Kier alpha value is -1.17. The van der Waals surface area contributed by atoms with E-state index >= 15 is 0 Å². The van der Waals surface area contributed by atoms with Crippen molar-refractivity contribution in [3.63, 3.8) is 0 Å². The number of carbonyl (C=O) groups excluding carboxylic acids is 1. The molecule has 122 valence electrons. The highest BCUT2D eigenvalue weighted by Crippen LogP contribution is 2.34. The molecule has 1 saturated heterocycles. The van der Waals surface area contributed by atoms with Crippen LogP contribution in [0.1, 0.15) is 42.3 Å². The van der Waals surface area contributed by atoms with E-state index in [4.69, 9.17) is 0 Å². The number of carbonyl (C=O) groups is 1. The molecule has 0 radical (unpaired) electrons. The van der Waals surface area contributed by atoms with Gasteiger partial charge in [0.05, 0.1) is 12.6 Å². The highest BCUT2D eigenvalue weighted by molar-refractivity contribution is 9.10. The number of thiophene rings is 1. The van der Waals surface area contributed by atoms with Crippen LogP contribution in [-0.4, -0.2) is 23.9 Å². The molecule has 2 heterocycles. The van der Waals surface area contributed by atoms with E-state index in [1.807, 2.05) is 31.2 Å². The Morgan fingerprint density at radius 3 is 2.87 bits per heavy atom. The Morgan fingerprint density at radius 1 is 1.39 bits per heavy atom. The molecule has 1 N–H and O–H groups in total. The zero-order chi connectivity index (χ0) is 16.2. The van der Waals surface area contributed by atoms with E-state index in [-0.39, 0.29) is 11.9 Å². The number of halogens is 1. The molecule has 3 nitrogen and oxygen atoms in total. The van der Waals surface area contributed by atoms with Crippen LogP contribution in [0, 0.1) is 0 Å². The first-order valence-electron chi connectivity index (χ1n) is 7.96. The maximum Gasteiger partial charge on any atom is 0.234 e. The summed E-state index contributed by atoms with van der Waals surface area (Å²) in [4.78, 5) is 16.1. The van der Waals surface area contributed by atoms with Gasteiger partial charge in [-0.25, -0.2) is 0 Å². The van der Waals surface area contributed by atoms with Crippen molar-refractivity contribution in [2.45, 2.75) is 31.8 Å². The number of benzene rings is 1. The molecular formula is C18H21BrN2OS. The predicted molar refractivity (Wildman–Crippen MR) is 98.6 cm³/mol. The van der Waals surface area contributed by atoms with Gasteiger partial charge in [-0.1, -0.05) is 34.1 Å². The van der Waals surface area contributed by atoms with Crippen molar-refractivity contribution in [1.82, 2.24) is 10.2 Å². The molecule has 5 heteroatoms. The zero-order valence-electron chi connectivity index (χ0n) is 13.2. The van der Waals surface area contributed by atoms with Gasteiger partial charge >= 0.3 is 0 Å². The van der Waals surface area contributed by atoms with E-state index in [0.717, 1.165) is 29.4 Å². The molecule has 2 atom stereocenters. The summed E-state index contributed by atoms with van der Waals surface area (Å²) in [6, 6.07) is 12.8. The SMILES string of the molecule is C[C@H](NC(=O)CN1CCC[C@@H]1c1cccs1)c1ccc(Br)cc1. The number of hydrogen-bond donors (Lipinski definition) is 1. The number of likely N-dealkylation sites (tertiary alicyclic amines) is 1. The lowest BCUT2D eigenvalue weighted by Crippen LogP contribution is -2.37. The lowest BCUT2D eigenvalue weighted by molar-refractivity contribution is -0.123. The number of rotatable bonds is 5. The Kier molecular flexibility index (Phi) is 5.51. The lowest BCUT2D eigenvalue weighted by atomic mass is 10.1. The van der Waals surface area contributed by atoms with Crippen LogP contribution in [0.25, 0.3) is 0 Å². The van der Waals surface area contributed by atoms with Gasteiger partial charge in [0.15, 0.2) is 0 Å². The maximum absolute atomic E-state index is 12.4. The van der Waals surface area contributed by atoms with Crippen LogP contribution >= 0.6 is 27.3 Å². The van der Waals surface area contributed by atoms with Gasteiger partial charge < -0.3 is 5.32 Å². The largest absolute Gasteiger partial charge is 0.348 e. The molecule has 0 bridgehead atoms. The Bertz CT molecular complexity index is 642. The van der Waals surface area contributed by atoms with Crippen molar-refractivity contribution in [3.8, 4) is 0 Å². The van der Waals surface area contributed by atoms with Crippen molar-refractivity contribution in [1.29, 1.82) is 0 Å². The molecule has 1 aromatic carbocycles. The standard InChI is InChI=1S/C18H21BrN2OS/c1-13(14-6-8-15(19)9-7-14)20-18(22)12-21-10-2-4-16(21)17-5-3-11-23-17/h3,5-9,11,13,16H,2,4,10,12H2,1H3,(H,20,22)/t13-,16+/m0/s1. The third-order valence-electron chi connectivity index (χ3n) is 4.33. The molecule has 1 aliphatic rings. The fourth-order valence-electron chi connectivity index (χ4n) is 3.12. The van der Waals surface area contributed by atoms with Crippen LogP contribution in [0.3, 0.4) is 0 Å². The lowest BCUT2D eigenvalue weighted by Gasteiger charge is -2.24. The fraction of sp³-hybridized carbons (Fsp3) is 0.389. The highest BCUT2D eigenvalue weighted by atomic mass is 79.9. The molecule has 1 amide bonds. The Labute approximate surface area is 149 Å². The summed E-state index contributed by atoms with van der Waals surface area (Å²) in [5, 5.41) is 5.23. The summed E-state index contributed by atoms with van der Waals surface area (Å²) >= 11 is 5.22. The van der Waals surface area contributed by atoms with Gasteiger partial charge in [0, 0.05) is 15.4 Å². The predicted octanol–water partition coefficient (Wildman–Crippen LogP) is 4.52. The molecule has 2 aromatic rings. The first kappa shape index (κ1) is 16.7. The zero-order valence-corrected chi connectivity index (χ0v) is 15.6. The quantitative estimate of drug-likeness (QED) is 0.810. The smallest absolute Gasteiger partial charge is 0.234 e. The average Bonchev–Trinajstić information content (AvgIpc) is 3.18. The number of nitrogens with zero attached hydrogens (tertiary/aromatic N) is 1. The molecule has 3 rings (SSSR count). The van der Waals surface area contributed by atoms with Gasteiger partial charge in [0.25, 0.3) is 0 Å². The summed E-state index contributed by atoms with van der Waals surface area (Å²) in [6.45, 7) is 3.51. The van der Waals surface area contributed by atoms with Crippen molar-refractivity contribution >= 4 is 33.2 Å². The average molecular weight is 393 g/mol. The maximum atomic E-state index is 12.4. The van der Waals surface area contributed by atoms with Gasteiger partial charge in [-0.15, -0.1) is 11.3 Å². The van der Waals surface area contributed by atoms with Gasteiger partial charge in [0.2, 0.25) is 5.91 Å². The molecule has 23 heavy (non-hydrogen) atoms. The van der Waals surface area contributed by atoms with Crippen molar-refractivity contribution in [2.24, 2.45) is 0 Å². The monoisotopic (exact) mass is 392 g/mol. The number of nitrogens with one attached hydrogen (secondary N) is 1. The fourth-order valence-corrected chi connectivity index (χ4v) is 4.28. The normalized spacial score (nSPS) is 19.7. The van der Waals surface area contributed by atoms with Gasteiger partial charge in [-0.3, -0.25) is 9.69 Å². The summed E-state index contributed by atoms with van der Waals surface area (Å²) in [5.41, 5.74) is 1.12. The van der Waals surface area contributed by atoms with Crippen LogP contribution in [-0.2, 0) is 4.79 Å². The molecule has 1 aromatic heterocycles. The van der Waals surface area contributed by atoms with Crippen LogP contribution in [0.15, 0.2) is 46.3 Å². The summed E-state index contributed by atoms with van der Waals surface area (Å²) in [7, 11) is 0. The van der Waals surface area contributed by atoms with Crippen molar-refractivity contribution in [2.75, 3.05) is 13.1 Å². The van der Waals surface area contributed by atoms with E-state index in [1.165, 1.54) is 4.88 Å². The van der Waals surface area contributed by atoms with Crippen LogP contribution in [0.2, 0.25) is 0 Å². The van der Waals surface area contributed by atoms with Gasteiger partial charge in [-0.05, 0) is 55.5 Å². The molecule has 1 fully saturated rings. The molecule has 0 saturated carbocycles. The molecule has 1 aliphatic heterocycles. The molecular weight excluding hydrogens is 372 g/mol. The minimum absolute atomic E-state index is 0.0263. The third-order valence-corrected chi connectivity index (χ3v) is 5.83. The number of amides is 1. The second-order valence-electron chi connectivity index (χ2n) is 5.98. The summed E-state index contributed by atoms with van der Waals surface area (Å²) < 4.78 is 1.05. The minimum Gasteiger partial charge on any atom is -0.348 e. The van der Waals surface area contributed by atoms with Gasteiger partial charge in [0.1, 0.15) is 0 Å². The van der Waals surface area contributed by atoms with Gasteiger partial charge in [-0.2, -0.15) is 0 Å². The second kappa shape index (κ2) is 7.60.